The molecule has 0 radical (unpaired) electrons. The predicted molar refractivity (Wildman–Crippen MR) is 66.6 cm³/mol. The average Bonchev–Trinajstić information content (AvgIpc) is 2.33. The standard InChI is InChI=1S/C15H16O/c1-2-3-4-8-11-15(16)13-12-14-9-6-5-7-10-14/h5-7,9-10,15-16H,2-4H2,1H3. The molecule has 1 atom stereocenters. The zero-order valence-electron chi connectivity index (χ0n) is 9.53. The molecule has 1 rings (SSSR count). The van der Waals surface area contributed by atoms with Gasteiger partial charge in [-0.3, -0.25) is 0 Å². The van der Waals surface area contributed by atoms with Gasteiger partial charge in [-0.1, -0.05) is 55.2 Å². The number of unbranched alkanes of at least 4 members (excludes halogenated alkanes) is 2. The van der Waals surface area contributed by atoms with Gasteiger partial charge in [0.1, 0.15) is 0 Å². The van der Waals surface area contributed by atoms with Crippen LogP contribution in [-0.4, -0.2) is 11.2 Å². The fraction of sp³-hybridized carbons (Fsp3) is 0.333. The Balaban J connectivity index is 2.47. The van der Waals surface area contributed by atoms with Gasteiger partial charge >= 0.3 is 0 Å². The van der Waals surface area contributed by atoms with Crippen molar-refractivity contribution in [3.8, 4) is 23.7 Å². The Labute approximate surface area is 97.5 Å². The van der Waals surface area contributed by atoms with E-state index in [2.05, 4.69) is 30.6 Å². The van der Waals surface area contributed by atoms with E-state index in [1.54, 1.807) is 0 Å². The zero-order valence-corrected chi connectivity index (χ0v) is 9.53. The first-order valence-corrected chi connectivity index (χ1v) is 5.56. The Bertz CT molecular complexity index is 411. The van der Waals surface area contributed by atoms with Crippen molar-refractivity contribution in [1.29, 1.82) is 0 Å². The summed E-state index contributed by atoms with van der Waals surface area (Å²) in [6.07, 6.45) is 2.20. The fourth-order valence-corrected chi connectivity index (χ4v) is 1.14. The van der Waals surface area contributed by atoms with Gasteiger partial charge in [0.2, 0.25) is 0 Å². The highest BCUT2D eigenvalue weighted by molar-refractivity contribution is 5.36. The SMILES string of the molecule is CCCCC#CC(O)C#Cc1ccccc1. The van der Waals surface area contributed by atoms with E-state index in [-0.39, 0.29) is 0 Å². The van der Waals surface area contributed by atoms with Crippen molar-refractivity contribution >= 4 is 0 Å². The molecule has 1 heteroatoms. The maximum atomic E-state index is 9.46. The summed E-state index contributed by atoms with van der Waals surface area (Å²) in [7, 11) is 0. The summed E-state index contributed by atoms with van der Waals surface area (Å²) in [6.45, 7) is 2.12. The fourth-order valence-electron chi connectivity index (χ4n) is 1.14. The summed E-state index contributed by atoms with van der Waals surface area (Å²) in [5.74, 6) is 11.2. The molecule has 0 aliphatic carbocycles. The van der Waals surface area contributed by atoms with Gasteiger partial charge in [-0.2, -0.15) is 0 Å². The summed E-state index contributed by atoms with van der Waals surface area (Å²) in [5, 5.41) is 9.46. The molecule has 0 saturated heterocycles. The van der Waals surface area contributed by atoms with E-state index < -0.39 is 6.10 Å². The smallest absolute Gasteiger partial charge is 0.176 e. The number of aliphatic hydroxyl groups excluding tert-OH is 1. The second kappa shape index (κ2) is 7.57. The molecule has 0 heterocycles. The lowest BCUT2D eigenvalue weighted by atomic mass is 10.2. The summed E-state index contributed by atoms with van der Waals surface area (Å²) >= 11 is 0. The minimum Gasteiger partial charge on any atom is -0.369 e. The Morgan fingerprint density at radius 1 is 1.19 bits per heavy atom. The lowest BCUT2D eigenvalue weighted by Crippen LogP contribution is -1.97. The van der Waals surface area contributed by atoms with Crippen LogP contribution in [0.3, 0.4) is 0 Å². The van der Waals surface area contributed by atoms with Crippen molar-refractivity contribution < 1.29 is 5.11 Å². The van der Waals surface area contributed by atoms with Gasteiger partial charge in [-0.15, -0.1) is 0 Å². The normalized spacial score (nSPS) is 10.6. The molecule has 0 spiro atoms. The van der Waals surface area contributed by atoms with Gasteiger partial charge in [-0.05, 0) is 18.6 Å². The molecule has 0 aromatic heterocycles. The van der Waals surface area contributed by atoms with E-state index in [4.69, 9.17) is 0 Å². The minimum absolute atomic E-state index is 0.834. The minimum atomic E-state index is -0.836. The first-order chi connectivity index (χ1) is 7.83. The van der Waals surface area contributed by atoms with Crippen LogP contribution < -0.4 is 0 Å². The van der Waals surface area contributed by atoms with Crippen molar-refractivity contribution in [1.82, 2.24) is 0 Å². The quantitative estimate of drug-likeness (QED) is 0.590. The Kier molecular flexibility index (Phi) is 5.86. The lowest BCUT2D eigenvalue weighted by Gasteiger charge is -1.90. The third kappa shape index (κ3) is 5.25. The molecule has 82 valence electrons. The van der Waals surface area contributed by atoms with Gasteiger partial charge in [0.25, 0.3) is 0 Å². The molecule has 0 amide bonds. The highest BCUT2D eigenvalue weighted by Crippen LogP contribution is 1.95. The molecule has 1 aromatic carbocycles. The van der Waals surface area contributed by atoms with Crippen molar-refractivity contribution in [3.63, 3.8) is 0 Å². The second-order valence-corrected chi connectivity index (χ2v) is 3.46. The Morgan fingerprint density at radius 2 is 1.94 bits per heavy atom. The highest BCUT2D eigenvalue weighted by Gasteiger charge is 1.89. The molecular formula is C15H16O. The molecular weight excluding hydrogens is 196 g/mol. The number of aliphatic hydroxyl groups is 1. The monoisotopic (exact) mass is 212 g/mol. The van der Waals surface area contributed by atoms with Gasteiger partial charge in [0.05, 0.1) is 0 Å². The van der Waals surface area contributed by atoms with E-state index in [0.717, 1.165) is 24.8 Å². The third-order valence-corrected chi connectivity index (χ3v) is 2.02. The van der Waals surface area contributed by atoms with E-state index in [1.165, 1.54) is 0 Å². The molecule has 0 aliphatic rings. The number of hydrogen-bond donors (Lipinski definition) is 1. The van der Waals surface area contributed by atoms with Crippen LogP contribution >= 0.6 is 0 Å². The van der Waals surface area contributed by atoms with E-state index in [1.807, 2.05) is 30.3 Å². The highest BCUT2D eigenvalue weighted by atomic mass is 16.3. The molecule has 0 saturated carbocycles. The van der Waals surface area contributed by atoms with Gasteiger partial charge in [0, 0.05) is 12.0 Å². The summed E-state index contributed by atoms with van der Waals surface area (Å²) in [5.41, 5.74) is 0.900. The molecule has 1 N–H and O–H groups in total. The molecule has 16 heavy (non-hydrogen) atoms. The van der Waals surface area contributed by atoms with Gasteiger partial charge in [0.15, 0.2) is 6.10 Å². The van der Waals surface area contributed by atoms with Crippen LogP contribution in [0.4, 0.5) is 0 Å². The first-order valence-electron chi connectivity index (χ1n) is 5.56. The predicted octanol–water partition coefficient (Wildman–Crippen LogP) is 2.59. The number of hydrogen-bond acceptors (Lipinski definition) is 1. The van der Waals surface area contributed by atoms with Crippen LogP contribution in [0.15, 0.2) is 30.3 Å². The zero-order chi connectivity index (χ0) is 11.6. The topological polar surface area (TPSA) is 20.2 Å². The summed E-state index contributed by atoms with van der Waals surface area (Å²) < 4.78 is 0. The number of rotatable bonds is 2. The first kappa shape index (κ1) is 12.4. The van der Waals surface area contributed by atoms with Crippen molar-refractivity contribution in [3.05, 3.63) is 35.9 Å². The van der Waals surface area contributed by atoms with Crippen LogP contribution in [0, 0.1) is 23.7 Å². The van der Waals surface area contributed by atoms with Crippen LogP contribution in [0.2, 0.25) is 0 Å². The maximum Gasteiger partial charge on any atom is 0.176 e. The lowest BCUT2D eigenvalue weighted by molar-refractivity contribution is 0.289. The molecule has 0 fully saturated rings. The molecule has 0 bridgehead atoms. The van der Waals surface area contributed by atoms with Crippen molar-refractivity contribution in [2.75, 3.05) is 0 Å². The van der Waals surface area contributed by atoms with Crippen molar-refractivity contribution in [2.45, 2.75) is 32.3 Å². The maximum absolute atomic E-state index is 9.46. The summed E-state index contributed by atoms with van der Waals surface area (Å²) in [4.78, 5) is 0. The molecule has 1 unspecified atom stereocenters. The average molecular weight is 212 g/mol. The Hall–Kier alpha value is -1.70. The van der Waals surface area contributed by atoms with Crippen LogP contribution in [0.5, 0.6) is 0 Å². The van der Waals surface area contributed by atoms with E-state index in [0.29, 0.717) is 0 Å². The second-order valence-electron chi connectivity index (χ2n) is 3.46. The molecule has 0 aliphatic heterocycles. The van der Waals surface area contributed by atoms with E-state index in [9.17, 15) is 5.11 Å². The van der Waals surface area contributed by atoms with Crippen LogP contribution in [-0.2, 0) is 0 Å². The number of benzene rings is 1. The molecule has 1 aromatic rings. The Morgan fingerprint density at radius 3 is 2.62 bits per heavy atom. The largest absolute Gasteiger partial charge is 0.369 e. The van der Waals surface area contributed by atoms with Gasteiger partial charge in [-0.25, -0.2) is 0 Å². The summed E-state index contributed by atoms with van der Waals surface area (Å²) in [6, 6.07) is 9.59. The van der Waals surface area contributed by atoms with Crippen LogP contribution in [0.1, 0.15) is 31.7 Å². The van der Waals surface area contributed by atoms with E-state index >= 15 is 0 Å². The van der Waals surface area contributed by atoms with Gasteiger partial charge < -0.3 is 5.11 Å². The third-order valence-electron chi connectivity index (χ3n) is 2.02. The van der Waals surface area contributed by atoms with Crippen molar-refractivity contribution in [2.24, 2.45) is 0 Å². The molecule has 1 nitrogen and oxygen atoms in total. The van der Waals surface area contributed by atoms with Crippen LogP contribution in [0.25, 0.3) is 0 Å².